The molecule has 0 atom stereocenters. The van der Waals surface area contributed by atoms with Gasteiger partial charge in [0.15, 0.2) is 0 Å². The van der Waals surface area contributed by atoms with Crippen molar-refractivity contribution in [3.8, 4) is 0 Å². The number of sulfonamides is 1. The van der Waals surface area contributed by atoms with E-state index in [2.05, 4.69) is 10.5 Å². The van der Waals surface area contributed by atoms with Crippen molar-refractivity contribution in [2.24, 2.45) is 10.2 Å². The monoisotopic (exact) mass is 343 g/mol. The zero-order chi connectivity index (χ0) is 17.1. The molecule has 0 heterocycles. The minimum atomic E-state index is -4.47. The molecule has 0 radical (unpaired) electrons. The highest BCUT2D eigenvalue weighted by molar-refractivity contribution is 7.89. The van der Waals surface area contributed by atoms with Crippen LogP contribution in [0, 0.1) is 0 Å². The van der Waals surface area contributed by atoms with Gasteiger partial charge in [0.05, 0.1) is 22.4 Å². The predicted octanol–water partition coefficient (Wildman–Crippen LogP) is 2.80. The molecule has 2 aromatic carbocycles. The highest BCUT2D eigenvalue weighted by Crippen LogP contribution is 2.31. The van der Waals surface area contributed by atoms with Crippen molar-refractivity contribution in [3.05, 3.63) is 59.7 Å². The average Bonchev–Trinajstić information content (AvgIpc) is 2.46. The van der Waals surface area contributed by atoms with E-state index in [1.54, 1.807) is 0 Å². The number of nitrogens with one attached hydrogen (secondary N) is 1. The molecule has 0 fully saturated rings. The van der Waals surface area contributed by atoms with Crippen molar-refractivity contribution in [1.29, 1.82) is 0 Å². The second-order valence-corrected chi connectivity index (χ2v) is 6.09. The number of anilines is 1. The number of nitrogens with two attached hydrogens (primary N) is 1. The van der Waals surface area contributed by atoms with Crippen LogP contribution >= 0.6 is 0 Å². The van der Waals surface area contributed by atoms with Gasteiger partial charge in [-0.1, -0.05) is 18.2 Å². The third-order valence-electron chi connectivity index (χ3n) is 2.85. The van der Waals surface area contributed by atoms with Gasteiger partial charge in [0.25, 0.3) is 0 Å². The standard InChI is InChI=1S/C14H12F3N3O2S/c15-14(16,17)13-4-2-1-3-10(13)9-19-20-11-5-7-12(8-6-11)23(18,21)22/h1-9,20H,(H2,18,21,22)/b19-9-. The number of halogens is 3. The molecule has 0 saturated carbocycles. The lowest BCUT2D eigenvalue weighted by Crippen LogP contribution is -2.11. The van der Waals surface area contributed by atoms with Gasteiger partial charge >= 0.3 is 6.18 Å². The first-order valence-electron chi connectivity index (χ1n) is 6.26. The van der Waals surface area contributed by atoms with Crippen LogP contribution in [-0.4, -0.2) is 14.6 Å². The van der Waals surface area contributed by atoms with Gasteiger partial charge < -0.3 is 0 Å². The summed E-state index contributed by atoms with van der Waals surface area (Å²) in [4.78, 5) is -0.0746. The Hall–Kier alpha value is -2.39. The molecule has 9 heteroatoms. The fourth-order valence-corrected chi connectivity index (χ4v) is 2.28. The Morgan fingerprint density at radius 3 is 2.22 bits per heavy atom. The van der Waals surface area contributed by atoms with E-state index in [1.165, 1.54) is 42.5 Å². The third kappa shape index (κ3) is 4.54. The maximum Gasteiger partial charge on any atom is 0.417 e. The number of hydrogen-bond donors (Lipinski definition) is 2. The SMILES string of the molecule is NS(=O)(=O)c1ccc(N/N=C\c2ccccc2C(F)(F)F)cc1. The summed E-state index contributed by atoms with van der Waals surface area (Å²) in [5.74, 6) is 0. The number of hydrogen-bond acceptors (Lipinski definition) is 4. The average molecular weight is 343 g/mol. The molecule has 3 N–H and O–H groups in total. The van der Waals surface area contributed by atoms with E-state index in [1.807, 2.05) is 0 Å². The number of nitrogens with zero attached hydrogens (tertiary/aromatic N) is 1. The fourth-order valence-electron chi connectivity index (χ4n) is 1.76. The Bertz CT molecular complexity index is 816. The summed E-state index contributed by atoms with van der Waals surface area (Å²) in [6, 6.07) is 10.3. The van der Waals surface area contributed by atoms with Crippen LogP contribution in [0.2, 0.25) is 0 Å². The van der Waals surface area contributed by atoms with Crippen molar-refractivity contribution < 1.29 is 21.6 Å². The molecule has 0 unspecified atom stereocenters. The van der Waals surface area contributed by atoms with Crippen LogP contribution in [0.5, 0.6) is 0 Å². The van der Waals surface area contributed by atoms with Gasteiger partial charge in [-0.2, -0.15) is 18.3 Å². The highest BCUT2D eigenvalue weighted by Gasteiger charge is 2.32. The molecule has 2 rings (SSSR count). The van der Waals surface area contributed by atoms with E-state index < -0.39 is 21.8 Å². The largest absolute Gasteiger partial charge is 0.417 e. The Morgan fingerprint density at radius 2 is 1.65 bits per heavy atom. The van der Waals surface area contributed by atoms with Gasteiger partial charge in [0.1, 0.15) is 0 Å². The molecular weight excluding hydrogens is 331 g/mol. The summed E-state index contributed by atoms with van der Waals surface area (Å²) in [6.45, 7) is 0. The first-order valence-corrected chi connectivity index (χ1v) is 7.81. The molecular formula is C14H12F3N3O2S. The zero-order valence-electron chi connectivity index (χ0n) is 11.6. The zero-order valence-corrected chi connectivity index (χ0v) is 12.4. The van der Waals surface area contributed by atoms with Crippen LogP contribution < -0.4 is 10.6 Å². The normalized spacial score (nSPS) is 12.5. The summed E-state index contributed by atoms with van der Waals surface area (Å²) in [5.41, 5.74) is 2.03. The van der Waals surface area contributed by atoms with Gasteiger partial charge in [0, 0.05) is 5.56 Å². The second-order valence-electron chi connectivity index (χ2n) is 4.52. The maximum absolute atomic E-state index is 12.8. The van der Waals surface area contributed by atoms with Crippen molar-refractivity contribution in [1.82, 2.24) is 0 Å². The number of rotatable bonds is 4. The Kier molecular flexibility index (Phi) is 4.71. The number of benzene rings is 2. The Balaban J connectivity index is 2.14. The lowest BCUT2D eigenvalue weighted by Gasteiger charge is -2.09. The smallest absolute Gasteiger partial charge is 0.279 e. The number of primary sulfonamides is 1. The van der Waals surface area contributed by atoms with Crippen molar-refractivity contribution in [2.75, 3.05) is 5.43 Å². The Morgan fingerprint density at radius 1 is 1.04 bits per heavy atom. The molecule has 0 aliphatic carbocycles. The molecule has 5 nitrogen and oxygen atoms in total. The van der Waals surface area contributed by atoms with Crippen LogP contribution in [0.4, 0.5) is 18.9 Å². The van der Waals surface area contributed by atoms with Crippen molar-refractivity contribution >= 4 is 21.9 Å². The molecule has 2 aromatic rings. The predicted molar refractivity (Wildman–Crippen MR) is 80.5 cm³/mol. The molecule has 0 amide bonds. The van der Waals surface area contributed by atoms with E-state index in [0.717, 1.165) is 12.3 Å². The summed E-state index contributed by atoms with van der Waals surface area (Å²) in [7, 11) is -3.80. The van der Waals surface area contributed by atoms with Gasteiger partial charge in [-0.3, -0.25) is 5.43 Å². The summed E-state index contributed by atoms with van der Waals surface area (Å²) in [5, 5.41) is 8.68. The molecule has 0 aromatic heterocycles. The summed E-state index contributed by atoms with van der Waals surface area (Å²) in [6.07, 6.45) is -3.43. The van der Waals surface area contributed by atoms with Gasteiger partial charge in [0.2, 0.25) is 10.0 Å². The quantitative estimate of drug-likeness (QED) is 0.661. The van der Waals surface area contributed by atoms with Gasteiger partial charge in [-0.15, -0.1) is 0 Å². The van der Waals surface area contributed by atoms with Crippen LogP contribution in [0.15, 0.2) is 58.5 Å². The number of hydrazone groups is 1. The lowest BCUT2D eigenvalue weighted by molar-refractivity contribution is -0.137. The van der Waals surface area contributed by atoms with E-state index in [4.69, 9.17) is 5.14 Å². The first kappa shape index (κ1) is 17.0. The van der Waals surface area contributed by atoms with Crippen molar-refractivity contribution in [2.45, 2.75) is 11.1 Å². The van der Waals surface area contributed by atoms with Gasteiger partial charge in [-0.05, 0) is 30.3 Å². The molecule has 23 heavy (non-hydrogen) atoms. The van der Waals surface area contributed by atoms with Crippen LogP contribution in [0.1, 0.15) is 11.1 Å². The summed E-state index contributed by atoms with van der Waals surface area (Å²) >= 11 is 0. The summed E-state index contributed by atoms with van der Waals surface area (Å²) < 4.78 is 60.6. The lowest BCUT2D eigenvalue weighted by atomic mass is 10.1. The van der Waals surface area contributed by atoms with E-state index in [-0.39, 0.29) is 10.5 Å². The molecule has 0 bridgehead atoms. The van der Waals surface area contributed by atoms with Gasteiger partial charge in [-0.25, -0.2) is 13.6 Å². The van der Waals surface area contributed by atoms with Crippen LogP contribution in [-0.2, 0) is 16.2 Å². The van der Waals surface area contributed by atoms with Crippen molar-refractivity contribution in [3.63, 3.8) is 0 Å². The Labute approximate surface area is 130 Å². The minimum absolute atomic E-state index is 0.0746. The highest BCUT2D eigenvalue weighted by atomic mass is 32.2. The first-order chi connectivity index (χ1) is 10.7. The van der Waals surface area contributed by atoms with E-state index >= 15 is 0 Å². The molecule has 0 spiro atoms. The molecule has 0 aliphatic heterocycles. The van der Waals surface area contributed by atoms with E-state index in [9.17, 15) is 21.6 Å². The molecule has 0 aliphatic rings. The topological polar surface area (TPSA) is 84.5 Å². The maximum atomic E-state index is 12.8. The van der Waals surface area contributed by atoms with Crippen LogP contribution in [0.3, 0.4) is 0 Å². The second kappa shape index (κ2) is 6.39. The molecule has 0 saturated heterocycles. The number of alkyl halides is 3. The minimum Gasteiger partial charge on any atom is -0.279 e. The molecule has 122 valence electrons. The third-order valence-corrected chi connectivity index (χ3v) is 3.78. The van der Waals surface area contributed by atoms with E-state index in [0.29, 0.717) is 5.69 Å². The van der Waals surface area contributed by atoms with Crippen LogP contribution in [0.25, 0.3) is 0 Å². The fraction of sp³-hybridized carbons (Fsp3) is 0.0714.